The highest BCUT2D eigenvalue weighted by atomic mass is 15.2. The molecule has 4 nitrogen and oxygen atoms in total. The molecular weight excluding hydrogens is 236 g/mol. The van der Waals surface area contributed by atoms with Gasteiger partial charge in [-0.1, -0.05) is 18.2 Å². The summed E-state index contributed by atoms with van der Waals surface area (Å²) in [6.07, 6.45) is 1.13. The highest BCUT2D eigenvalue weighted by molar-refractivity contribution is 5.80. The van der Waals surface area contributed by atoms with E-state index in [0.29, 0.717) is 0 Å². The molecule has 1 aliphatic heterocycles. The molecule has 0 spiro atoms. The third kappa shape index (κ3) is 3.88. The van der Waals surface area contributed by atoms with Crippen molar-refractivity contribution in [2.75, 3.05) is 37.6 Å². The molecule has 0 atom stereocenters. The zero-order valence-electron chi connectivity index (χ0n) is 11.9. The molecule has 2 rings (SSSR count). The Hall–Kier alpha value is -1.71. The van der Waals surface area contributed by atoms with Gasteiger partial charge in [0.1, 0.15) is 0 Å². The van der Waals surface area contributed by atoms with E-state index in [-0.39, 0.29) is 0 Å². The molecule has 1 aromatic rings. The van der Waals surface area contributed by atoms with Gasteiger partial charge in [-0.2, -0.15) is 0 Å². The Morgan fingerprint density at radius 1 is 1.37 bits per heavy atom. The lowest BCUT2D eigenvalue weighted by Crippen LogP contribution is -2.44. The van der Waals surface area contributed by atoms with Crippen LogP contribution in [0.4, 0.5) is 5.69 Å². The summed E-state index contributed by atoms with van der Waals surface area (Å²) >= 11 is 0. The van der Waals surface area contributed by atoms with Gasteiger partial charge in [0.25, 0.3) is 0 Å². The maximum Gasteiger partial charge on any atom is 0.191 e. The number of nitrogens with one attached hydrogen (secondary N) is 2. The molecule has 0 unspecified atom stereocenters. The van der Waals surface area contributed by atoms with E-state index in [0.717, 1.165) is 45.1 Å². The van der Waals surface area contributed by atoms with Crippen LogP contribution in [0.2, 0.25) is 0 Å². The first-order chi connectivity index (χ1) is 9.31. The summed E-state index contributed by atoms with van der Waals surface area (Å²) in [5, 5.41) is 6.66. The van der Waals surface area contributed by atoms with E-state index in [2.05, 4.69) is 58.6 Å². The first-order valence-corrected chi connectivity index (χ1v) is 7.14. The van der Waals surface area contributed by atoms with Gasteiger partial charge in [0, 0.05) is 38.4 Å². The van der Waals surface area contributed by atoms with Crippen LogP contribution >= 0.6 is 0 Å². The van der Waals surface area contributed by atoms with E-state index >= 15 is 0 Å². The second kappa shape index (κ2) is 7.02. The number of aliphatic imine (C=N–C) groups is 1. The fourth-order valence-corrected chi connectivity index (χ4v) is 2.33. The van der Waals surface area contributed by atoms with Crippen molar-refractivity contribution in [2.45, 2.75) is 20.3 Å². The van der Waals surface area contributed by atoms with Crippen molar-refractivity contribution in [3.8, 4) is 0 Å². The van der Waals surface area contributed by atoms with Crippen LogP contribution in [0, 0.1) is 6.92 Å². The molecule has 0 saturated carbocycles. The highest BCUT2D eigenvalue weighted by Gasteiger charge is 2.07. The number of nitrogens with zero attached hydrogens (tertiary/aromatic N) is 2. The highest BCUT2D eigenvalue weighted by Crippen LogP contribution is 2.18. The normalized spacial score (nSPS) is 14.5. The smallest absolute Gasteiger partial charge is 0.191 e. The minimum absolute atomic E-state index is 0.911. The second-order valence-corrected chi connectivity index (χ2v) is 4.80. The average Bonchev–Trinajstić information content (AvgIpc) is 2.46. The summed E-state index contributed by atoms with van der Waals surface area (Å²) in [5.41, 5.74) is 2.66. The third-order valence-electron chi connectivity index (χ3n) is 3.41. The van der Waals surface area contributed by atoms with E-state index in [1.54, 1.807) is 0 Å². The quantitative estimate of drug-likeness (QED) is 0.847. The van der Waals surface area contributed by atoms with Gasteiger partial charge in [-0.3, -0.25) is 4.99 Å². The fourth-order valence-electron chi connectivity index (χ4n) is 2.33. The Bertz CT molecular complexity index is 428. The number of aryl methyl sites for hydroxylation is 1. The molecule has 1 aliphatic rings. The molecule has 4 heteroatoms. The summed E-state index contributed by atoms with van der Waals surface area (Å²) in [4.78, 5) is 6.81. The van der Waals surface area contributed by atoms with Crippen LogP contribution in [-0.2, 0) is 0 Å². The van der Waals surface area contributed by atoms with Gasteiger partial charge in [0.2, 0.25) is 0 Å². The van der Waals surface area contributed by atoms with Crippen molar-refractivity contribution >= 4 is 11.6 Å². The van der Waals surface area contributed by atoms with E-state index in [9.17, 15) is 0 Å². The molecule has 19 heavy (non-hydrogen) atoms. The van der Waals surface area contributed by atoms with Crippen molar-refractivity contribution in [1.82, 2.24) is 10.6 Å². The zero-order chi connectivity index (χ0) is 13.5. The monoisotopic (exact) mass is 260 g/mol. The SMILES string of the molecule is CCN(CCNC1=NCCCN1)c1ccccc1C. The summed E-state index contributed by atoms with van der Waals surface area (Å²) in [5.74, 6) is 0.951. The maximum absolute atomic E-state index is 4.42. The summed E-state index contributed by atoms with van der Waals surface area (Å²) in [6, 6.07) is 8.55. The molecule has 2 N–H and O–H groups in total. The largest absolute Gasteiger partial charge is 0.370 e. The molecule has 0 bridgehead atoms. The third-order valence-corrected chi connectivity index (χ3v) is 3.41. The van der Waals surface area contributed by atoms with Crippen molar-refractivity contribution < 1.29 is 0 Å². The van der Waals surface area contributed by atoms with Crippen LogP contribution in [0.15, 0.2) is 29.3 Å². The van der Waals surface area contributed by atoms with Gasteiger partial charge >= 0.3 is 0 Å². The topological polar surface area (TPSA) is 39.7 Å². The molecular formula is C15H24N4. The minimum Gasteiger partial charge on any atom is -0.370 e. The van der Waals surface area contributed by atoms with E-state index in [4.69, 9.17) is 0 Å². The Labute approximate surface area is 115 Å². The number of benzene rings is 1. The van der Waals surface area contributed by atoms with E-state index in [1.165, 1.54) is 11.3 Å². The standard InChI is InChI=1S/C15H24N4/c1-3-19(14-8-5-4-7-13(14)2)12-11-18-15-16-9-6-10-17-15/h4-5,7-8H,3,6,9-12H2,1-2H3,(H2,16,17,18). The molecule has 0 saturated heterocycles. The number of para-hydroxylation sites is 1. The van der Waals surface area contributed by atoms with Gasteiger partial charge < -0.3 is 15.5 Å². The van der Waals surface area contributed by atoms with Gasteiger partial charge in [-0.15, -0.1) is 0 Å². The Balaban J connectivity index is 1.86. The van der Waals surface area contributed by atoms with Crippen LogP contribution < -0.4 is 15.5 Å². The number of likely N-dealkylation sites (N-methyl/N-ethyl adjacent to an activating group) is 1. The van der Waals surface area contributed by atoms with Crippen molar-refractivity contribution in [1.29, 1.82) is 0 Å². The van der Waals surface area contributed by atoms with Crippen molar-refractivity contribution in [3.63, 3.8) is 0 Å². The van der Waals surface area contributed by atoms with Crippen molar-refractivity contribution in [3.05, 3.63) is 29.8 Å². The zero-order valence-corrected chi connectivity index (χ0v) is 11.9. The molecule has 0 aliphatic carbocycles. The Morgan fingerprint density at radius 2 is 2.21 bits per heavy atom. The first-order valence-electron chi connectivity index (χ1n) is 7.14. The molecule has 104 valence electrons. The van der Waals surface area contributed by atoms with Crippen LogP contribution in [0.5, 0.6) is 0 Å². The summed E-state index contributed by atoms with van der Waals surface area (Å²) < 4.78 is 0. The van der Waals surface area contributed by atoms with Gasteiger partial charge in [-0.05, 0) is 31.9 Å². The van der Waals surface area contributed by atoms with Gasteiger partial charge in [0.15, 0.2) is 5.96 Å². The molecule has 0 amide bonds. The Kier molecular flexibility index (Phi) is 5.07. The van der Waals surface area contributed by atoms with Crippen molar-refractivity contribution in [2.24, 2.45) is 4.99 Å². The first kappa shape index (κ1) is 13.7. The Morgan fingerprint density at radius 3 is 2.89 bits per heavy atom. The second-order valence-electron chi connectivity index (χ2n) is 4.80. The summed E-state index contributed by atoms with van der Waals surface area (Å²) in [6.45, 7) is 9.25. The fraction of sp³-hybridized carbons (Fsp3) is 0.533. The van der Waals surface area contributed by atoms with Crippen LogP contribution in [0.25, 0.3) is 0 Å². The predicted octanol–water partition coefficient (Wildman–Crippen LogP) is 1.76. The lowest BCUT2D eigenvalue weighted by molar-refractivity contribution is 0.691. The average molecular weight is 260 g/mol. The molecule has 0 fully saturated rings. The van der Waals surface area contributed by atoms with Gasteiger partial charge in [0.05, 0.1) is 0 Å². The van der Waals surface area contributed by atoms with Crippen LogP contribution in [0.1, 0.15) is 18.9 Å². The van der Waals surface area contributed by atoms with E-state index in [1.807, 2.05) is 0 Å². The van der Waals surface area contributed by atoms with Crippen LogP contribution in [-0.4, -0.2) is 38.7 Å². The number of hydrogen-bond donors (Lipinski definition) is 2. The van der Waals surface area contributed by atoms with Crippen LogP contribution in [0.3, 0.4) is 0 Å². The lowest BCUT2D eigenvalue weighted by atomic mass is 10.2. The number of hydrogen-bond acceptors (Lipinski definition) is 4. The lowest BCUT2D eigenvalue weighted by Gasteiger charge is -2.26. The predicted molar refractivity (Wildman–Crippen MR) is 82.0 cm³/mol. The molecule has 1 aromatic carbocycles. The number of anilines is 1. The summed E-state index contributed by atoms with van der Waals surface area (Å²) in [7, 11) is 0. The minimum atomic E-state index is 0.911. The number of guanidine groups is 1. The molecule has 1 heterocycles. The van der Waals surface area contributed by atoms with E-state index < -0.39 is 0 Å². The van der Waals surface area contributed by atoms with Gasteiger partial charge in [-0.25, -0.2) is 0 Å². The molecule has 0 aromatic heterocycles. The number of rotatable bonds is 5. The maximum atomic E-state index is 4.42. The molecule has 0 radical (unpaired) electrons.